The van der Waals surface area contributed by atoms with Gasteiger partial charge in [0.1, 0.15) is 5.82 Å². The molecule has 2 heterocycles. The van der Waals surface area contributed by atoms with E-state index in [1.165, 1.54) is 0 Å². The van der Waals surface area contributed by atoms with Crippen molar-refractivity contribution < 1.29 is 13.2 Å². The number of carbonyl (C=O) groups excluding carboxylic acids is 1. The lowest BCUT2D eigenvalue weighted by Gasteiger charge is -2.32. The lowest BCUT2D eigenvalue weighted by molar-refractivity contribution is -0.115. The van der Waals surface area contributed by atoms with Crippen molar-refractivity contribution in [2.24, 2.45) is 0 Å². The molecule has 0 unspecified atom stereocenters. The Bertz CT molecular complexity index is 1240. The molecule has 0 bridgehead atoms. The van der Waals surface area contributed by atoms with Gasteiger partial charge < -0.3 is 10.2 Å². The number of amides is 1. The van der Waals surface area contributed by atoms with Crippen LogP contribution in [-0.4, -0.2) is 43.5 Å². The normalized spacial score (nSPS) is 13.5. The molecule has 1 amide bonds. The van der Waals surface area contributed by atoms with Gasteiger partial charge in [0.15, 0.2) is 0 Å². The first-order valence-corrected chi connectivity index (χ1v) is 12.5. The monoisotopic (exact) mass is 473 g/mol. The minimum Gasteiger partial charge on any atom is -0.362 e. The topological polar surface area (TPSA) is 96.3 Å². The van der Waals surface area contributed by atoms with Crippen molar-refractivity contribution in [3.63, 3.8) is 0 Å². The third-order valence-corrected chi connectivity index (χ3v) is 6.20. The fraction of sp³-hybridized carbons (Fsp3) is 0.273. The van der Waals surface area contributed by atoms with Crippen LogP contribution in [0.3, 0.4) is 0 Å². The average Bonchev–Trinajstić information content (AvgIpc) is 3.16. The van der Waals surface area contributed by atoms with Crippen molar-refractivity contribution in [3.05, 3.63) is 70.9 Å². The molecule has 1 aromatic heterocycles. The molecule has 0 saturated heterocycles. The summed E-state index contributed by atoms with van der Waals surface area (Å²) in [7, 11) is -3.39. The van der Waals surface area contributed by atoms with Gasteiger partial charge in [-0.15, -0.1) is 0 Å². The van der Waals surface area contributed by atoms with Gasteiger partial charge >= 0.3 is 0 Å². The number of sulfonamides is 1. The van der Waals surface area contributed by atoms with Gasteiger partial charge in [-0.2, -0.15) is 5.10 Å². The molecular weight excluding hydrogens is 450 g/mol. The Kier molecular flexibility index (Phi) is 6.38. The Hall–Kier alpha value is -3.04. The Morgan fingerprint density at radius 2 is 1.97 bits per heavy atom. The van der Waals surface area contributed by atoms with Gasteiger partial charge in [-0.3, -0.25) is 9.52 Å². The first-order chi connectivity index (χ1) is 15.3. The van der Waals surface area contributed by atoms with E-state index in [0.29, 0.717) is 29.6 Å². The number of hydrogen-bond donors (Lipinski definition) is 2. The van der Waals surface area contributed by atoms with Crippen LogP contribution < -0.4 is 14.9 Å². The third kappa shape index (κ3) is 5.23. The van der Waals surface area contributed by atoms with Crippen LogP contribution in [-0.2, 0) is 27.8 Å². The zero-order valence-electron chi connectivity index (χ0n) is 17.6. The van der Waals surface area contributed by atoms with E-state index in [9.17, 15) is 13.2 Å². The van der Waals surface area contributed by atoms with Gasteiger partial charge in [-0.1, -0.05) is 35.9 Å². The van der Waals surface area contributed by atoms with Crippen LogP contribution in [0.25, 0.3) is 0 Å². The molecule has 0 atom stereocenters. The van der Waals surface area contributed by atoms with Crippen molar-refractivity contribution in [2.45, 2.75) is 19.4 Å². The summed E-state index contributed by atoms with van der Waals surface area (Å²) in [4.78, 5) is 14.8. The van der Waals surface area contributed by atoms with Gasteiger partial charge in [0.25, 0.3) is 0 Å². The van der Waals surface area contributed by atoms with Crippen LogP contribution in [0, 0.1) is 0 Å². The highest BCUT2D eigenvalue weighted by Crippen LogP contribution is 2.33. The number of fused-ring (bicyclic) bond motifs is 1. The Labute approximate surface area is 192 Å². The predicted octanol–water partition coefficient (Wildman–Crippen LogP) is 3.35. The van der Waals surface area contributed by atoms with Crippen LogP contribution in [0.5, 0.6) is 0 Å². The summed E-state index contributed by atoms with van der Waals surface area (Å²) in [6.07, 6.45) is 4.34. The van der Waals surface area contributed by atoms with Crippen molar-refractivity contribution >= 4 is 44.7 Å². The van der Waals surface area contributed by atoms with E-state index in [0.717, 1.165) is 35.9 Å². The molecule has 3 aromatic rings. The zero-order chi connectivity index (χ0) is 22.7. The van der Waals surface area contributed by atoms with E-state index in [-0.39, 0.29) is 12.5 Å². The maximum Gasteiger partial charge on any atom is 0.245 e. The number of carbonyl (C=O) groups is 1. The van der Waals surface area contributed by atoms with Crippen molar-refractivity contribution in [1.29, 1.82) is 0 Å². The highest BCUT2D eigenvalue weighted by Gasteiger charge is 2.22. The van der Waals surface area contributed by atoms with Gasteiger partial charge in [0.05, 0.1) is 31.2 Å². The largest absolute Gasteiger partial charge is 0.362 e. The number of nitrogens with zero attached hydrogens (tertiary/aromatic N) is 3. The molecule has 0 saturated carbocycles. The summed E-state index contributed by atoms with van der Waals surface area (Å²) in [5.41, 5.74) is 3.24. The van der Waals surface area contributed by atoms with Crippen LogP contribution in [0.2, 0.25) is 5.02 Å². The molecule has 2 aromatic carbocycles. The smallest absolute Gasteiger partial charge is 0.245 e. The molecule has 1 aliphatic rings. The molecular formula is C22H24ClN5O3S. The van der Waals surface area contributed by atoms with E-state index in [1.807, 2.05) is 35.2 Å². The average molecular weight is 474 g/mol. The second kappa shape index (κ2) is 9.22. The predicted molar refractivity (Wildman–Crippen MR) is 127 cm³/mol. The van der Waals surface area contributed by atoms with Crippen LogP contribution in [0.1, 0.15) is 17.5 Å². The number of hydrogen-bond acceptors (Lipinski definition) is 5. The van der Waals surface area contributed by atoms with Gasteiger partial charge in [-0.05, 0) is 42.2 Å². The van der Waals surface area contributed by atoms with Crippen molar-refractivity contribution in [3.8, 4) is 0 Å². The molecule has 10 heteroatoms. The number of halogens is 1. The van der Waals surface area contributed by atoms with E-state index in [2.05, 4.69) is 15.1 Å². The number of aromatic nitrogens is 2. The summed E-state index contributed by atoms with van der Waals surface area (Å²) < 4.78 is 27.7. The lowest BCUT2D eigenvalue weighted by atomic mass is 10.00. The fourth-order valence-corrected chi connectivity index (χ4v) is 4.66. The maximum absolute atomic E-state index is 12.8. The quantitative estimate of drug-likeness (QED) is 0.548. The third-order valence-electron chi connectivity index (χ3n) is 5.24. The maximum atomic E-state index is 12.8. The molecule has 0 spiro atoms. The molecule has 32 heavy (non-hydrogen) atoms. The second-order valence-electron chi connectivity index (χ2n) is 7.72. The molecule has 4 rings (SSSR count). The molecule has 168 valence electrons. The molecule has 2 N–H and O–H groups in total. The van der Waals surface area contributed by atoms with Crippen LogP contribution in [0.15, 0.2) is 54.7 Å². The van der Waals surface area contributed by atoms with Gasteiger partial charge in [0.2, 0.25) is 15.9 Å². The van der Waals surface area contributed by atoms with Crippen molar-refractivity contribution in [1.82, 2.24) is 9.78 Å². The van der Waals surface area contributed by atoms with Gasteiger partial charge in [0, 0.05) is 23.3 Å². The number of anilines is 3. The Balaban J connectivity index is 1.47. The Morgan fingerprint density at radius 1 is 1.16 bits per heavy atom. The van der Waals surface area contributed by atoms with E-state index >= 15 is 0 Å². The van der Waals surface area contributed by atoms with Crippen LogP contribution >= 0.6 is 11.6 Å². The van der Waals surface area contributed by atoms with Crippen LogP contribution in [0.4, 0.5) is 17.2 Å². The first kappa shape index (κ1) is 22.2. The van der Waals surface area contributed by atoms with Gasteiger partial charge in [-0.25, -0.2) is 13.1 Å². The highest BCUT2D eigenvalue weighted by atomic mass is 35.5. The van der Waals surface area contributed by atoms with E-state index in [4.69, 9.17) is 11.6 Å². The fourth-order valence-electron chi connectivity index (χ4n) is 3.87. The molecule has 8 nitrogen and oxygen atoms in total. The summed E-state index contributed by atoms with van der Waals surface area (Å²) in [5.74, 6) is 0.403. The molecule has 1 aliphatic heterocycles. The second-order valence-corrected chi connectivity index (χ2v) is 9.87. The summed E-state index contributed by atoms with van der Waals surface area (Å²) in [6.45, 7) is 1.30. The number of benzene rings is 2. The minimum absolute atomic E-state index is 0.145. The Morgan fingerprint density at radius 3 is 2.75 bits per heavy atom. The number of rotatable bonds is 7. The summed E-state index contributed by atoms with van der Waals surface area (Å²) in [5, 5.41) is 7.87. The summed E-state index contributed by atoms with van der Waals surface area (Å²) in [6, 6.07) is 14.7. The summed E-state index contributed by atoms with van der Waals surface area (Å²) >= 11 is 6.25. The van der Waals surface area contributed by atoms with E-state index in [1.54, 1.807) is 29.1 Å². The number of nitrogens with one attached hydrogen (secondary N) is 2. The standard InChI is InChI=1S/C22H24ClN5O3S/c1-32(30,31)26-19-9-4-10-20-17(19)7-5-13-27(20)15-22(29)25-21-11-12-24-28(21)14-16-6-2-3-8-18(16)23/h2-4,6,8-12,26H,5,7,13-15H2,1H3,(H,25,29). The lowest BCUT2D eigenvalue weighted by Crippen LogP contribution is -2.37. The SMILES string of the molecule is CS(=O)(=O)Nc1cccc2c1CCCN2CC(=O)Nc1ccnn1Cc1ccccc1Cl. The zero-order valence-corrected chi connectivity index (χ0v) is 19.2. The molecule has 0 aliphatic carbocycles. The highest BCUT2D eigenvalue weighted by molar-refractivity contribution is 7.92. The first-order valence-electron chi connectivity index (χ1n) is 10.2. The molecule has 0 fully saturated rings. The minimum atomic E-state index is -3.39. The molecule has 0 radical (unpaired) electrons. The van der Waals surface area contributed by atoms with E-state index < -0.39 is 10.0 Å². The van der Waals surface area contributed by atoms with Crippen molar-refractivity contribution in [2.75, 3.05) is 34.3 Å².